The zero-order chi connectivity index (χ0) is 15.1. The Morgan fingerprint density at radius 2 is 2.10 bits per heavy atom. The first-order chi connectivity index (χ1) is 10.2. The lowest BCUT2D eigenvalue weighted by molar-refractivity contribution is -0.117. The molecular weight excluding hydrogens is 262 g/mol. The van der Waals surface area contributed by atoms with Crippen LogP contribution in [0.25, 0.3) is 6.08 Å². The van der Waals surface area contributed by atoms with E-state index in [4.69, 9.17) is 4.74 Å². The van der Waals surface area contributed by atoms with Gasteiger partial charge in [-0.1, -0.05) is 38.0 Å². The highest BCUT2D eigenvalue weighted by atomic mass is 16.5. The van der Waals surface area contributed by atoms with Gasteiger partial charge in [-0.15, -0.1) is 0 Å². The summed E-state index contributed by atoms with van der Waals surface area (Å²) >= 11 is 0. The Balaban J connectivity index is 1.95. The summed E-state index contributed by atoms with van der Waals surface area (Å²) in [7, 11) is 0. The van der Waals surface area contributed by atoms with Gasteiger partial charge in [0.25, 0.3) is 0 Å². The van der Waals surface area contributed by atoms with Crippen molar-refractivity contribution in [1.82, 2.24) is 5.32 Å². The zero-order valence-corrected chi connectivity index (χ0v) is 13.0. The topological polar surface area (TPSA) is 38.3 Å². The average molecular weight is 287 g/mol. The molecule has 0 bridgehead atoms. The predicted molar refractivity (Wildman–Crippen MR) is 86.2 cm³/mol. The van der Waals surface area contributed by atoms with Crippen LogP contribution < -0.4 is 10.1 Å². The highest BCUT2D eigenvalue weighted by molar-refractivity contribution is 5.92. The molecule has 0 radical (unpaired) electrons. The summed E-state index contributed by atoms with van der Waals surface area (Å²) in [6, 6.07) is 8.08. The minimum Gasteiger partial charge on any atom is -0.493 e. The monoisotopic (exact) mass is 287 g/mol. The number of amides is 1. The molecule has 2 atom stereocenters. The molecule has 2 unspecified atom stereocenters. The number of rotatable bonds is 5. The summed E-state index contributed by atoms with van der Waals surface area (Å²) in [5, 5.41) is 3.12. The molecule has 21 heavy (non-hydrogen) atoms. The number of carbonyl (C=O) groups is 1. The number of benzene rings is 1. The largest absolute Gasteiger partial charge is 0.493 e. The van der Waals surface area contributed by atoms with Crippen LogP contribution in [0.3, 0.4) is 0 Å². The van der Waals surface area contributed by atoms with Gasteiger partial charge in [-0.25, -0.2) is 0 Å². The van der Waals surface area contributed by atoms with E-state index in [2.05, 4.69) is 12.2 Å². The van der Waals surface area contributed by atoms with Crippen molar-refractivity contribution in [2.75, 3.05) is 6.61 Å². The van der Waals surface area contributed by atoms with Crippen molar-refractivity contribution in [2.45, 2.75) is 45.6 Å². The highest BCUT2D eigenvalue weighted by Crippen LogP contribution is 2.24. The molecular formula is C18H25NO2. The molecule has 1 aromatic carbocycles. The first-order valence-corrected chi connectivity index (χ1v) is 7.91. The number of para-hydroxylation sites is 1. The lowest BCUT2D eigenvalue weighted by atomic mass is 9.86. The van der Waals surface area contributed by atoms with Crippen molar-refractivity contribution in [2.24, 2.45) is 5.92 Å². The van der Waals surface area contributed by atoms with E-state index in [0.29, 0.717) is 18.6 Å². The van der Waals surface area contributed by atoms with E-state index in [1.54, 1.807) is 6.08 Å². The normalized spacial score (nSPS) is 22.2. The maximum atomic E-state index is 12.1. The zero-order valence-electron chi connectivity index (χ0n) is 13.0. The van der Waals surface area contributed by atoms with Gasteiger partial charge in [-0.3, -0.25) is 4.79 Å². The number of hydrogen-bond donors (Lipinski definition) is 1. The fraction of sp³-hybridized carbons (Fsp3) is 0.500. The number of ether oxygens (including phenoxy) is 1. The highest BCUT2D eigenvalue weighted by Gasteiger charge is 2.21. The molecule has 3 heteroatoms. The van der Waals surface area contributed by atoms with Gasteiger partial charge in [0.1, 0.15) is 5.75 Å². The second-order valence-corrected chi connectivity index (χ2v) is 5.68. The van der Waals surface area contributed by atoms with Gasteiger partial charge < -0.3 is 10.1 Å². The fourth-order valence-electron chi connectivity index (χ4n) is 2.83. The van der Waals surface area contributed by atoms with E-state index in [-0.39, 0.29) is 5.91 Å². The molecule has 1 aromatic rings. The molecule has 1 fully saturated rings. The molecule has 0 aromatic heterocycles. The van der Waals surface area contributed by atoms with Gasteiger partial charge in [0.2, 0.25) is 5.91 Å². The maximum Gasteiger partial charge on any atom is 0.244 e. The van der Waals surface area contributed by atoms with Crippen LogP contribution in [-0.2, 0) is 4.79 Å². The Morgan fingerprint density at radius 3 is 2.86 bits per heavy atom. The minimum atomic E-state index is -0.0138. The van der Waals surface area contributed by atoms with Gasteiger partial charge in [0, 0.05) is 17.7 Å². The van der Waals surface area contributed by atoms with Crippen LogP contribution in [-0.4, -0.2) is 18.6 Å². The summed E-state index contributed by atoms with van der Waals surface area (Å²) in [4.78, 5) is 12.1. The summed E-state index contributed by atoms with van der Waals surface area (Å²) in [5.41, 5.74) is 0.936. The molecule has 1 N–H and O–H groups in total. The van der Waals surface area contributed by atoms with Gasteiger partial charge in [-0.2, -0.15) is 0 Å². The van der Waals surface area contributed by atoms with Crippen LogP contribution >= 0.6 is 0 Å². The molecule has 0 spiro atoms. The van der Waals surface area contributed by atoms with Crippen molar-refractivity contribution >= 4 is 12.0 Å². The lowest BCUT2D eigenvalue weighted by Crippen LogP contribution is -2.40. The van der Waals surface area contributed by atoms with Crippen LogP contribution in [0.5, 0.6) is 5.75 Å². The molecule has 3 nitrogen and oxygen atoms in total. The van der Waals surface area contributed by atoms with E-state index >= 15 is 0 Å². The molecule has 1 aliphatic rings. The first-order valence-electron chi connectivity index (χ1n) is 7.91. The second kappa shape index (κ2) is 7.87. The van der Waals surface area contributed by atoms with E-state index in [9.17, 15) is 4.79 Å². The Kier molecular flexibility index (Phi) is 5.85. The van der Waals surface area contributed by atoms with Gasteiger partial charge in [0.15, 0.2) is 0 Å². The van der Waals surface area contributed by atoms with Gasteiger partial charge in [0.05, 0.1) is 6.61 Å². The van der Waals surface area contributed by atoms with Crippen LogP contribution in [0.15, 0.2) is 30.3 Å². The summed E-state index contributed by atoms with van der Waals surface area (Å²) < 4.78 is 5.55. The Bertz CT molecular complexity index is 496. The number of carbonyl (C=O) groups excluding carboxylic acids is 1. The molecule has 114 valence electrons. The van der Waals surface area contributed by atoms with Crippen LogP contribution in [0.1, 0.15) is 45.1 Å². The van der Waals surface area contributed by atoms with Crippen molar-refractivity contribution in [3.63, 3.8) is 0 Å². The van der Waals surface area contributed by atoms with Gasteiger partial charge >= 0.3 is 0 Å². The number of hydrogen-bond acceptors (Lipinski definition) is 2. The third kappa shape index (κ3) is 4.62. The average Bonchev–Trinajstić information content (AvgIpc) is 2.49. The third-order valence-corrected chi connectivity index (χ3v) is 4.07. The summed E-state index contributed by atoms with van der Waals surface area (Å²) in [6.45, 7) is 4.80. The maximum absolute atomic E-state index is 12.1. The first kappa shape index (κ1) is 15.6. The van der Waals surface area contributed by atoms with E-state index < -0.39 is 0 Å². The van der Waals surface area contributed by atoms with Gasteiger partial charge in [-0.05, 0) is 37.8 Å². The smallest absolute Gasteiger partial charge is 0.244 e. The minimum absolute atomic E-state index is 0.0138. The molecule has 0 heterocycles. The molecule has 1 aliphatic carbocycles. The Labute approximate surface area is 127 Å². The van der Waals surface area contributed by atoms with E-state index in [1.807, 2.05) is 37.3 Å². The fourth-order valence-corrected chi connectivity index (χ4v) is 2.83. The SMILES string of the molecule is CCOc1ccccc1C=CC(=O)NC1CCCCC1C. The Hall–Kier alpha value is -1.77. The third-order valence-electron chi connectivity index (χ3n) is 4.07. The molecule has 0 saturated heterocycles. The summed E-state index contributed by atoms with van der Waals surface area (Å²) in [5.74, 6) is 1.38. The van der Waals surface area contributed by atoms with Crippen LogP contribution in [0, 0.1) is 5.92 Å². The molecule has 1 saturated carbocycles. The van der Waals surface area contributed by atoms with Crippen molar-refractivity contribution in [3.05, 3.63) is 35.9 Å². The molecule has 2 rings (SSSR count). The quantitative estimate of drug-likeness (QED) is 0.837. The lowest BCUT2D eigenvalue weighted by Gasteiger charge is -2.29. The summed E-state index contributed by atoms with van der Waals surface area (Å²) in [6.07, 6.45) is 8.24. The van der Waals surface area contributed by atoms with Crippen LogP contribution in [0.4, 0.5) is 0 Å². The second-order valence-electron chi connectivity index (χ2n) is 5.68. The number of nitrogens with one attached hydrogen (secondary N) is 1. The van der Waals surface area contributed by atoms with E-state index in [1.165, 1.54) is 19.3 Å². The molecule has 0 aliphatic heterocycles. The standard InChI is InChI=1S/C18H25NO2/c1-3-21-17-11-7-5-9-15(17)12-13-18(20)19-16-10-6-4-8-14(16)2/h5,7,9,11-14,16H,3-4,6,8,10H2,1-2H3,(H,19,20). The van der Waals surface area contributed by atoms with Crippen molar-refractivity contribution < 1.29 is 9.53 Å². The van der Waals surface area contributed by atoms with Crippen molar-refractivity contribution in [3.8, 4) is 5.75 Å². The van der Waals surface area contributed by atoms with Crippen LogP contribution in [0.2, 0.25) is 0 Å². The molecule has 1 amide bonds. The van der Waals surface area contributed by atoms with E-state index in [0.717, 1.165) is 17.7 Å². The van der Waals surface area contributed by atoms with Crippen molar-refractivity contribution in [1.29, 1.82) is 0 Å². The Morgan fingerprint density at radius 1 is 1.33 bits per heavy atom. The predicted octanol–water partition coefficient (Wildman–Crippen LogP) is 3.79.